The highest BCUT2D eigenvalue weighted by molar-refractivity contribution is 5.70. The molecule has 0 saturated heterocycles. The van der Waals surface area contributed by atoms with Gasteiger partial charge in [-0.05, 0) is 12.5 Å². The van der Waals surface area contributed by atoms with E-state index in [0.717, 1.165) is 11.3 Å². The zero-order chi connectivity index (χ0) is 11.4. The summed E-state index contributed by atoms with van der Waals surface area (Å²) >= 11 is 0. The summed E-state index contributed by atoms with van der Waals surface area (Å²) in [6.07, 6.45) is 2.67. The van der Waals surface area contributed by atoms with E-state index in [-0.39, 0.29) is 6.61 Å². The van der Waals surface area contributed by atoms with Gasteiger partial charge in [0.15, 0.2) is 0 Å². The van der Waals surface area contributed by atoms with Gasteiger partial charge in [0.05, 0.1) is 5.69 Å². The Kier molecular flexibility index (Phi) is 3.00. The lowest BCUT2D eigenvalue weighted by molar-refractivity contribution is 0.141. The van der Waals surface area contributed by atoms with Gasteiger partial charge in [-0.25, -0.2) is 14.3 Å². The van der Waals surface area contributed by atoms with Crippen molar-refractivity contribution in [3.05, 3.63) is 54.1 Å². The van der Waals surface area contributed by atoms with Gasteiger partial charge in [-0.3, -0.25) is 0 Å². The first-order valence-electron chi connectivity index (χ1n) is 4.97. The number of rotatable bonds is 2. The van der Waals surface area contributed by atoms with Gasteiger partial charge in [0, 0.05) is 6.20 Å². The van der Waals surface area contributed by atoms with Gasteiger partial charge in [-0.2, -0.15) is 0 Å². The minimum absolute atomic E-state index is 0.275. The average Bonchev–Trinajstić information content (AvgIpc) is 2.74. The van der Waals surface area contributed by atoms with Gasteiger partial charge < -0.3 is 4.74 Å². The van der Waals surface area contributed by atoms with Crippen molar-refractivity contribution in [2.45, 2.75) is 13.5 Å². The number of benzene rings is 1. The first-order chi connectivity index (χ1) is 7.75. The number of carbonyl (C=O) groups is 1. The summed E-state index contributed by atoms with van der Waals surface area (Å²) in [4.78, 5) is 15.5. The lowest BCUT2D eigenvalue weighted by Crippen LogP contribution is -2.11. The van der Waals surface area contributed by atoms with Crippen LogP contribution in [0.3, 0.4) is 0 Å². The second kappa shape index (κ2) is 4.61. The molecule has 1 heterocycles. The highest BCUT2D eigenvalue weighted by Crippen LogP contribution is 2.02. The maximum atomic E-state index is 11.5. The topological polar surface area (TPSA) is 44.1 Å². The molecule has 0 aliphatic heterocycles. The van der Waals surface area contributed by atoms with Crippen LogP contribution in [0.5, 0.6) is 0 Å². The first-order valence-corrected chi connectivity index (χ1v) is 4.97. The van der Waals surface area contributed by atoms with E-state index in [9.17, 15) is 4.79 Å². The van der Waals surface area contributed by atoms with E-state index in [1.807, 2.05) is 37.3 Å². The summed E-state index contributed by atoms with van der Waals surface area (Å²) in [7, 11) is 0. The Labute approximate surface area is 93.5 Å². The molecule has 1 aromatic carbocycles. The highest BCUT2D eigenvalue weighted by atomic mass is 16.5. The molecule has 0 fully saturated rings. The van der Waals surface area contributed by atoms with Crippen molar-refractivity contribution in [1.82, 2.24) is 9.55 Å². The zero-order valence-corrected chi connectivity index (χ0v) is 8.96. The third kappa shape index (κ3) is 2.48. The molecule has 2 aromatic rings. The molecule has 2 rings (SSSR count). The van der Waals surface area contributed by atoms with Crippen LogP contribution in [0.4, 0.5) is 4.79 Å². The molecule has 0 radical (unpaired) electrons. The molecule has 0 bridgehead atoms. The SMILES string of the molecule is Cc1cn(C(=O)OCc2ccccc2)cn1. The highest BCUT2D eigenvalue weighted by Gasteiger charge is 2.05. The quantitative estimate of drug-likeness (QED) is 0.774. The fourth-order valence-electron chi connectivity index (χ4n) is 1.31. The fraction of sp³-hybridized carbons (Fsp3) is 0.167. The largest absolute Gasteiger partial charge is 0.444 e. The van der Waals surface area contributed by atoms with Gasteiger partial charge in [0.1, 0.15) is 12.9 Å². The molecule has 0 amide bonds. The van der Waals surface area contributed by atoms with Gasteiger partial charge in [-0.1, -0.05) is 30.3 Å². The molecule has 0 spiro atoms. The second-order valence-electron chi connectivity index (χ2n) is 3.46. The molecule has 1 aromatic heterocycles. The van der Waals surface area contributed by atoms with E-state index in [2.05, 4.69) is 4.98 Å². The summed E-state index contributed by atoms with van der Waals surface area (Å²) in [6.45, 7) is 2.10. The molecule has 0 atom stereocenters. The molecule has 4 nitrogen and oxygen atoms in total. The number of nitrogens with zero attached hydrogens (tertiary/aromatic N) is 2. The number of ether oxygens (including phenoxy) is 1. The lowest BCUT2D eigenvalue weighted by Gasteiger charge is -2.04. The van der Waals surface area contributed by atoms with Gasteiger partial charge in [-0.15, -0.1) is 0 Å². The Morgan fingerprint density at radius 1 is 1.38 bits per heavy atom. The van der Waals surface area contributed by atoms with Crippen LogP contribution in [0.15, 0.2) is 42.9 Å². The normalized spacial score (nSPS) is 10.1. The van der Waals surface area contributed by atoms with Crippen molar-refractivity contribution in [2.75, 3.05) is 0 Å². The van der Waals surface area contributed by atoms with Crippen LogP contribution in [0.2, 0.25) is 0 Å². The maximum Gasteiger partial charge on any atom is 0.419 e. The number of carbonyl (C=O) groups excluding carboxylic acids is 1. The molecule has 0 N–H and O–H groups in total. The molecular formula is C12H12N2O2. The summed E-state index contributed by atoms with van der Waals surface area (Å²) < 4.78 is 6.44. The van der Waals surface area contributed by atoms with Crippen LogP contribution in [0.1, 0.15) is 11.3 Å². The summed E-state index contributed by atoms with van der Waals surface area (Å²) in [5.74, 6) is 0. The van der Waals surface area contributed by atoms with Crippen LogP contribution >= 0.6 is 0 Å². The molecule has 0 unspecified atom stereocenters. The van der Waals surface area contributed by atoms with Gasteiger partial charge >= 0.3 is 6.09 Å². The van der Waals surface area contributed by atoms with Crippen LogP contribution in [0.25, 0.3) is 0 Å². The molecule has 0 aliphatic carbocycles. The predicted molar refractivity (Wildman–Crippen MR) is 59.0 cm³/mol. The Bertz CT molecular complexity index is 477. The predicted octanol–water partition coefficient (Wildman–Crippen LogP) is 2.38. The van der Waals surface area contributed by atoms with Crippen LogP contribution in [-0.2, 0) is 11.3 Å². The molecule has 82 valence electrons. The van der Waals surface area contributed by atoms with Crippen molar-refractivity contribution in [2.24, 2.45) is 0 Å². The van der Waals surface area contributed by atoms with Gasteiger partial charge in [0.25, 0.3) is 0 Å². The third-order valence-corrected chi connectivity index (χ3v) is 2.13. The smallest absolute Gasteiger partial charge is 0.419 e. The minimum Gasteiger partial charge on any atom is -0.444 e. The fourth-order valence-corrected chi connectivity index (χ4v) is 1.31. The molecule has 0 saturated carbocycles. The molecule has 0 aliphatic rings. The lowest BCUT2D eigenvalue weighted by atomic mass is 10.2. The second-order valence-corrected chi connectivity index (χ2v) is 3.46. The molecule has 4 heteroatoms. The summed E-state index contributed by atoms with van der Waals surface area (Å²) in [5, 5.41) is 0. The van der Waals surface area contributed by atoms with E-state index in [4.69, 9.17) is 4.74 Å². The van der Waals surface area contributed by atoms with Crippen LogP contribution in [-0.4, -0.2) is 15.6 Å². The average molecular weight is 216 g/mol. The van der Waals surface area contributed by atoms with Crippen LogP contribution < -0.4 is 0 Å². The Morgan fingerprint density at radius 3 is 2.75 bits per heavy atom. The number of aryl methyl sites for hydroxylation is 1. The first kappa shape index (κ1) is 10.4. The van der Waals surface area contributed by atoms with E-state index >= 15 is 0 Å². The summed E-state index contributed by atoms with van der Waals surface area (Å²) in [6, 6.07) is 9.55. The molecular weight excluding hydrogens is 204 g/mol. The third-order valence-electron chi connectivity index (χ3n) is 2.13. The Morgan fingerprint density at radius 2 is 2.12 bits per heavy atom. The number of hydrogen-bond donors (Lipinski definition) is 0. The number of hydrogen-bond acceptors (Lipinski definition) is 3. The van der Waals surface area contributed by atoms with E-state index in [1.165, 1.54) is 10.9 Å². The minimum atomic E-state index is -0.413. The monoisotopic (exact) mass is 216 g/mol. The van der Waals surface area contributed by atoms with Crippen molar-refractivity contribution in [3.63, 3.8) is 0 Å². The van der Waals surface area contributed by atoms with Crippen molar-refractivity contribution in [1.29, 1.82) is 0 Å². The van der Waals surface area contributed by atoms with Crippen molar-refractivity contribution < 1.29 is 9.53 Å². The Hall–Kier alpha value is -2.10. The van der Waals surface area contributed by atoms with E-state index in [0.29, 0.717) is 0 Å². The number of imidazole rings is 1. The summed E-state index contributed by atoms with van der Waals surface area (Å²) in [5.41, 5.74) is 1.75. The van der Waals surface area contributed by atoms with E-state index < -0.39 is 6.09 Å². The van der Waals surface area contributed by atoms with Crippen LogP contribution in [0, 0.1) is 6.92 Å². The maximum absolute atomic E-state index is 11.5. The Balaban J connectivity index is 1.94. The molecule has 16 heavy (non-hydrogen) atoms. The van der Waals surface area contributed by atoms with Crippen molar-refractivity contribution >= 4 is 6.09 Å². The van der Waals surface area contributed by atoms with E-state index in [1.54, 1.807) is 6.20 Å². The number of aromatic nitrogens is 2. The van der Waals surface area contributed by atoms with Crippen molar-refractivity contribution in [3.8, 4) is 0 Å². The van der Waals surface area contributed by atoms with Gasteiger partial charge in [0.2, 0.25) is 0 Å². The standard InChI is InChI=1S/C12H12N2O2/c1-10-7-14(9-13-10)12(15)16-8-11-5-3-2-4-6-11/h2-7,9H,8H2,1H3. The zero-order valence-electron chi connectivity index (χ0n) is 8.96.